The molecule has 1 saturated heterocycles. The fourth-order valence-corrected chi connectivity index (χ4v) is 1.57. The molecule has 0 aromatic heterocycles. The van der Waals surface area contributed by atoms with E-state index >= 15 is 0 Å². The van der Waals surface area contributed by atoms with Gasteiger partial charge in [0, 0.05) is 5.02 Å². The van der Waals surface area contributed by atoms with Crippen LogP contribution in [0.1, 0.15) is 11.1 Å². The van der Waals surface area contributed by atoms with Gasteiger partial charge in [-0.3, -0.25) is 0 Å². The van der Waals surface area contributed by atoms with Crippen LogP contribution in [-0.2, 0) is 10.3 Å². The molecule has 0 amide bonds. The highest BCUT2D eigenvalue weighted by Crippen LogP contribution is 2.29. The lowest BCUT2D eigenvalue weighted by atomic mass is 9.89. The zero-order valence-corrected chi connectivity index (χ0v) is 8.27. The Morgan fingerprint density at radius 1 is 1.46 bits per heavy atom. The Bertz CT molecular complexity index is 334. The largest absolute Gasteiger partial charge is 0.377 e. The minimum absolute atomic E-state index is 0.308. The highest BCUT2D eigenvalue weighted by Gasteiger charge is 2.36. The third-order valence-electron chi connectivity index (χ3n) is 2.47. The highest BCUT2D eigenvalue weighted by atomic mass is 35.5. The van der Waals surface area contributed by atoms with E-state index in [0.29, 0.717) is 13.2 Å². The van der Waals surface area contributed by atoms with Crippen molar-refractivity contribution >= 4 is 11.6 Å². The van der Waals surface area contributed by atoms with Gasteiger partial charge < -0.3 is 10.5 Å². The zero-order chi connectivity index (χ0) is 9.47. The van der Waals surface area contributed by atoms with Gasteiger partial charge in [-0.15, -0.1) is 0 Å². The molecule has 3 heteroatoms. The zero-order valence-electron chi connectivity index (χ0n) is 7.51. The van der Waals surface area contributed by atoms with Crippen LogP contribution in [0, 0.1) is 6.92 Å². The topological polar surface area (TPSA) is 35.2 Å². The molecule has 0 spiro atoms. The minimum atomic E-state index is -0.308. The van der Waals surface area contributed by atoms with Crippen LogP contribution in [0.15, 0.2) is 18.2 Å². The van der Waals surface area contributed by atoms with Crippen LogP contribution in [0.5, 0.6) is 0 Å². The average Bonchev–Trinajstić information content (AvgIpc) is 2.06. The molecule has 0 radical (unpaired) electrons. The highest BCUT2D eigenvalue weighted by molar-refractivity contribution is 6.31. The first-order valence-electron chi connectivity index (χ1n) is 4.25. The second-order valence-electron chi connectivity index (χ2n) is 3.61. The maximum absolute atomic E-state index is 6.06. The summed E-state index contributed by atoms with van der Waals surface area (Å²) in [5, 5.41) is 0.772. The van der Waals surface area contributed by atoms with Gasteiger partial charge in [0.15, 0.2) is 0 Å². The van der Waals surface area contributed by atoms with Gasteiger partial charge >= 0.3 is 0 Å². The number of halogens is 1. The van der Waals surface area contributed by atoms with Crippen molar-refractivity contribution in [2.75, 3.05) is 13.2 Å². The summed E-state index contributed by atoms with van der Waals surface area (Å²) < 4.78 is 5.09. The van der Waals surface area contributed by atoms with E-state index in [0.717, 1.165) is 16.1 Å². The molecule has 0 unspecified atom stereocenters. The molecule has 2 nitrogen and oxygen atoms in total. The molecule has 2 rings (SSSR count). The van der Waals surface area contributed by atoms with Crippen LogP contribution >= 0.6 is 11.6 Å². The monoisotopic (exact) mass is 197 g/mol. The summed E-state index contributed by atoms with van der Waals surface area (Å²) in [4.78, 5) is 0. The summed E-state index contributed by atoms with van der Waals surface area (Å²) in [6.07, 6.45) is 0. The number of hydrogen-bond acceptors (Lipinski definition) is 2. The molecule has 13 heavy (non-hydrogen) atoms. The first-order valence-corrected chi connectivity index (χ1v) is 4.63. The van der Waals surface area contributed by atoms with Crippen molar-refractivity contribution in [2.24, 2.45) is 5.73 Å². The summed E-state index contributed by atoms with van der Waals surface area (Å²) in [6.45, 7) is 3.16. The van der Waals surface area contributed by atoms with E-state index in [1.807, 2.05) is 25.1 Å². The molecule has 1 heterocycles. The van der Waals surface area contributed by atoms with Crippen molar-refractivity contribution < 1.29 is 4.74 Å². The van der Waals surface area contributed by atoms with Crippen molar-refractivity contribution in [2.45, 2.75) is 12.5 Å². The molecular formula is C10H12ClNO. The smallest absolute Gasteiger partial charge is 0.0884 e. The Balaban J connectivity index is 2.36. The number of rotatable bonds is 1. The minimum Gasteiger partial charge on any atom is -0.377 e. The number of benzene rings is 1. The summed E-state index contributed by atoms with van der Waals surface area (Å²) in [7, 11) is 0. The average molecular weight is 198 g/mol. The summed E-state index contributed by atoms with van der Waals surface area (Å²) in [6, 6.07) is 5.94. The second-order valence-corrected chi connectivity index (χ2v) is 4.02. The van der Waals surface area contributed by atoms with Crippen LogP contribution in [0.3, 0.4) is 0 Å². The van der Waals surface area contributed by atoms with Gasteiger partial charge in [0.25, 0.3) is 0 Å². The van der Waals surface area contributed by atoms with Gasteiger partial charge in [0.2, 0.25) is 0 Å². The van der Waals surface area contributed by atoms with Gasteiger partial charge in [-0.2, -0.15) is 0 Å². The molecule has 2 N–H and O–H groups in total. The van der Waals surface area contributed by atoms with Gasteiger partial charge in [0.05, 0.1) is 18.8 Å². The Morgan fingerprint density at radius 3 is 2.62 bits per heavy atom. The third kappa shape index (κ3) is 1.46. The van der Waals surface area contributed by atoms with Crippen LogP contribution in [-0.4, -0.2) is 13.2 Å². The Kier molecular flexibility index (Phi) is 2.06. The first kappa shape index (κ1) is 9.00. The molecule has 0 atom stereocenters. The second kappa shape index (κ2) is 2.98. The molecule has 1 fully saturated rings. The van der Waals surface area contributed by atoms with Crippen molar-refractivity contribution in [3.8, 4) is 0 Å². The molecule has 70 valence electrons. The standard InChI is InChI=1S/C10H12ClNO/c1-7-2-3-8(4-9(7)11)10(12)5-13-6-10/h2-4H,5-6,12H2,1H3. The molecule has 1 aliphatic rings. The van der Waals surface area contributed by atoms with Gasteiger partial charge in [0.1, 0.15) is 0 Å². The predicted octanol–water partition coefficient (Wildman–Crippen LogP) is 1.83. The van der Waals surface area contributed by atoms with E-state index in [1.165, 1.54) is 0 Å². The van der Waals surface area contributed by atoms with Crippen molar-refractivity contribution in [3.63, 3.8) is 0 Å². The van der Waals surface area contributed by atoms with Gasteiger partial charge in [-0.05, 0) is 24.1 Å². The van der Waals surface area contributed by atoms with Gasteiger partial charge in [-0.1, -0.05) is 23.7 Å². The molecule has 0 aliphatic carbocycles. The Morgan fingerprint density at radius 2 is 2.15 bits per heavy atom. The molecule has 1 aliphatic heterocycles. The molecule has 0 bridgehead atoms. The van der Waals surface area contributed by atoms with Crippen LogP contribution in [0.25, 0.3) is 0 Å². The normalized spacial score (nSPS) is 19.6. The van der Waals surface area contributed by atoms with Crippen molar-refractivity contribution in [1.29, 1.82) is 0 Å². The number of hydrogen-bond donors (Lipinski definition) is 1. The third-order valence-corrected chi connectivity index (χ3v) is 2.87. The van der Waals surface area contributed by atoms with Crippen LogP contribution in [0.2, 0.25) is 5.02 Å². The summed E-state index contributed by atoms with van der Waals surface area (Å²) in [5.74, 6) is 0. The predicted molar refractivity (Wildman–Crippen MR) is 52.9 cm³/mol. The fraction of sp³-hybridized carbons (Fsp3) is 0.400. The van der Waals surface area contributed by atoms with E-state index in [4.69, 9.17) is 22.1 Å². The molecule has 1 aromatic carbocycles. The summed E-state index contributed by atoms with van der Waals surface area (Å²) in [5.41, 5.74) is 7.89. The van der Waals surface area contributed by atoms with E-state index < -0.39 is 0 Å². The SMILES string of the molecule is Cc1ccc(C2(N)COC2)cc1Cl. The lowest BCUT2D eigenvalue weighted by Crippen LogP contribution is -2.54. The Labute approximate surface area is 82.6 Å². The lowest BCUT2D eigenvalue weighted by molar-refractivity contribution is -0.0569. The number of ether oxygens (including phenoxy) is 1. The molecule has 0 saturated carbocycles. The van der Waals surface area contributed by atoms with E-state index in [1.54, 1.807) is 0 Å². The van der Waals surface area contributed by atoms with Crippen molar-refractivity contribution in [1.82, 2.24) is 0 Å². The van der Waals surface area contributed by atoms with E-state index in [-0.39, 0.29) is 5.54 Å². The maximum atomic E-state index is 6.06. The summed E-state index contributed by atoms with van der Waals surface area (Å²) >= 11 is 6.00. The maximum Gasteiger partial charge on any atom is 0.0884 e. The fourth-order valence-electron chi connectivity index (χ4n) is 1.39. The van der Waals surface area contributed by atoms with Crippen molar-refractivity contribution in [3.05, 3.63) is 34.3 Å². The quantitative estimate of drug-likeness (QED) is 0.746. The van der Waals surface area contributed by atoms with E-state index in [9.17, 15) is 0 Å². The van der Waals surface area contributed by atoms with E-state index in [2.05, 4.69) is 0 Å². The number of aryl methyl sites for hydroxylation is 1. The Hall–Kier alpha value is -0.570. The van der Waals surface area contributed by atoms with Gasteiger partial charge in [-0.25, -0.2) is 0 Å². The first-order chi connectivity index (χ1) is 6.12. The van der Waals surface area contributed by atoms with Crippen LogP contribution in [0.4, 0.5) is 0 Å². The number of nitrogens with two attached hydrogens (primary N) is 1. The van der Waals surface area contributed by atoms with Crippen LogP contribution < -0.4 is 5.73 Å². The molecule has 1 aromatic rings. The lowest BCUT2D eigenvalue weighted by Gasteiger charge is -2.38. The molecular weight excluding hydrogens is 186 g/mol.